The first-order valence-corrected chi connectivity index (χ1v) is 6.41. The van der Waals surface area contributed by atoms with Crippen LogP contribution in [0.2, 0.25) is 0 Å². The molecule has 0 fully saturated rings. The lowest BCUT2D eigenvalue weighted by Crippen LogP contribution is -2.48. The summed E-state index contributed by atoms with van der Waals surface area (Å²) in [7, 11) is 1.26. The number of benzene rings is 1. The maximum Gasteiger partial charge on any atom is 0.416 e. The molecule has 0 aliphatic carbocycles. The molecule has 0 bridgehead atoms. The van der Waals surface area contributed by atoms with Gasteiger partial charge in [-0.1, -0.05) is 13.8 Å². The van der Waals surface area contributed by atoms with E-state index in [1.54, 1.807) is 0 Å². The standard InChI is InChI=1S/C14H15F6NO2/c1-12(2,10(21-3)11(22)23)7-4-8(13(15,16)17)6-9(5-7)14(18,19)20/h4-6,10,21H,1-3H3,(H,22,23)/t10-/m1/s1. The normalized spacial score (nSPS) is 14.7. The number of likely N-dealkylation sites (N-methyl/N-ethyl adjacent to an activating group) is 1. The zero-order valence-corrected chi connectivity index (χ0v) is 12.4. The number of hydrogen-bond donors (Lipinski definition) is 2. The van der Waals surface area contributed by atoms with Gasteiger partial charge in [-0.2, -0.15) is 26.3 Å². The fourth-order valence-corrected chi connectivity index (χ4v) is 2.29. The van der Waals surface area contributed by atoms with Gasteiger partial charge in [-0.3, -0.25) is 4.79 Å². The van der Waals surface area contributed by atoms with Crippen molar-refractivity contribution in [3.8, 4) is 0 Å². The number of carbonyl (C=O) groups is 1. The topological polar surface area (TPSA) is 49.3 Å². The van der Waals surface area contributed by atoms with Crippen molar-refractivity contribution < 1.29 is 36.2 Å². The van der Waals surface area contributed by atoms with Crippen molar-refractivity contribution >= 4 is 5.97 Å². The minimum atomic E-state index is -4.98. The molecular formula is C14H15F6NO2. The van der Waals surface area contributed by atoms with Crippen molar-refractivity contribution in [2.24, 2.45) is 0 Å². The van der Waals surface area contributed by atoms with Gasteiger partial charge in [0.15, 0.2) is 0 Å². The summed E-state index contributed by atoms with van der Waals surface area (Å²) in [5, 5.41) is 11.5. The zero-order chi connectivity index (χ0) is 18.2. The van der Waals surface area contributed by atoms with Gasteiger partial charge < -0.3 is 10.4 Å². The summed E-state index contributed by atoms with van der Waals surface area (Å²) in [6.45, 7) is 2.52. The molecule has 0 aromatic heterocycles. The van der Waals surface area contributed by atoms with E-state index in [-0.39, 0.29) is 11.6 Å². The molecule has 0 aliphatic rings. The smallest absolute Gasteiger partial charge is 0.416 e. The summed E-state index contributed by atoms with van der Waals surface area (Å²) in [4.78, 5) is 11.2. The Kier molecular flexibility index (Phi) is 5.05. The van der Waals surface area contributed by atoms with E-state index in [0.29, 0.717) is 12.1 Å². The first-order valence-electron chi connectivity index (χ1n) is 6.41. The average Bonchev–Trinajstić information content (AvgIpc) is 2.36. The van der Waals surface area contributed by atoms with Crippen LogP contribution in [-0.4, -0.2) is 24.2 Å². The SMILES string of the molecule is CN[C@H](C(=O)O)C(C)(C)c1cc(C(F)(F)F)cc(C(F)(F)F)c1. The van der Waals surface area contributed by atoms with E-state index in [0.717, 1.165) is 0 Å². The van der Waals surface area contributed by atoms with E-state index < -0.39 is 40.9 Å². The highest BCUT2D eigenvalue weighted by Crippen LogP contribution is 2.39. The number of aliphatic carboxylic acids is 1. The third kappa shape index (κ3) is 4.15. The predicted molar refractivity (Wildman–Crippen MR) is 70.0 cm³/mol. The lowest BCUT2D eigenvalue weighted by atomic mass is 9.76. The number of carboxylic acids is 1. The molecule has 0 aliphatic heterocycles. The van der Waals surface area contributed by atoms with Crippen LogP contribution in [0.1, 0.15) is 30.5 Å². The second-order valence-corrected chi connectivity index (χ2v) is 5.58. The van der Waals surface area contributed by atoms with Crippen LogP contribution in [0, 0.1) is 0 Å². The highest BCUT2D eigenvalue weighted by molar-refractivity contribution is 5.76. The van der Waals surface area contributed by atoms with Crippen molar-refractivity contribution in [1.29, 1.82) is 0 Å². The first-order chi connectivity index (χ1) is 10.2. The summed E-state index contributed by atoms with van der Waals surface area (Å²) < 4.78 is 77.2. The molecule has 0 unspecified atom stereocenters. The van der Waals surface area contributed by atoms with Crippen molar-refractivity contribution in [2.45, 2.75) is 37.7 Å². The molecule has 0 radical (unpaired) electrons. The molecule has 0 spiro atoms. The Hall–Kier alpha value is -1.77. The number of rotatable bonds is 4. The molecule has 9 heteroatoms. The highest BCUT2D eigenvalue weighted by atomic mass is 19.4. The molecule has 1 rings (SSSR count). The van der Waals surface area contributed by atoms with Gasteiger partial charge in [0, 0.05) is 5.41 Å². The van der Waals surface area contributed by atoms with Gasteiger partial charge in [-0.15, -0.1) is 0 Å². The van der Waals surface area contributed by atoms with Crippen LogP contribution < -0.4 is 5.32 Å². The fourth-order valence-electron chi connectivity index (χ4n) is 2.29. The molecule has 1 atom stereocenters. The van der Waals surface area contributed by atoms with E-state index in [1.807, 2.05) is 0 Å². The summed E-state index contributed by atoms with van der Waals surface area (Å²) >= 11 is 0. The van der Waals surface area contributed by atoms with E-state index in [2.05, 4.69) is 5.32 Å². The Morgan fingerprint density at radius 1 is 0.957 bits per heavy atom. The van der Waals surface area contributed by atoms with Crippen molar-refractivity contribution in [1.82, 2.24) is 5.32 Å². The van der Waals surface area contributed by atoms with Crippen molar-refractivity contribution in [3.63, 3.8) is 0 Å². The van der Waals surface area contributed by atoms with E-state index in [9.17, 15) is 31.1 Å². The summed E-state index contributed by atoms with van der Waals surface area (Å²) in [5.74, 6) is -1.39. The largest absolute Gasteiger partial charge is 0.480 e. The van der Waals surface area contributed by atoms with Crippen LogP contribution in [0.3, 0.4) is 0 Å². The quantitative estimate of drug-likeness (QED) is 0.820. The minimum Gasteiger partial charge on any atom is -0.480 e. The number of halogens is 6. The molecule has 2 N–H and O–H groups in total. The Labute approximate surface area is 128 Å². The monoisotopic (exact) mass is 343 g/mol. The summed E-state index contributed by atoms with van der Waals surface area (Å²) in [6, 6.07) is -0.271. The molecule has 1 aromatic carbocycles. The van der Waals surface area contributed by atoms with Crippen LogP contribution in [-0.2, 0) is 22.6 Å². The third-order valence-electron chi connectivity index (χ3n) is 3.59. The zero-order valence-electron chi connectivity index (χ0n) is 12.4. The lowest BCUT2D eigenvalue weighted by molar-refractivity contribution is -0.143. The van der Waals surface area contributed by atoms with Gasteiger partial charge in [0.1, 0.15) is 6.04 Å². The average molecular weight is 343 g/mol. The molecule has 23 heavy (non-hydrogen) atoms. The molecule has 1 aromatic rings. The Morgan fingerprint density at radius 2 is 1.30 bits per heavy atom. The van der Waals surface area contributed by atoms with Crippen LogP contribution in [0.5, 0.6) is 0 Å². The van der Waals surface area contributed by atoms with Crippen LogP contribution in [0.4, 0.5) is 26.3 Å². The third-order valence-corrected chi connectivity index (χ3v) is 3.59. The Morgan fingerprint density at radius 3 is 1.57 bits per heavy atom. The predicted octanol–water partition coefficient (Wildman–Crippen LogP) is 3.67. The summed E-state index contributed by atoms with van der Waals surface area (Å²) in [6.07, 6.45) is -9.96. The molecule has 0 saturated heterocycles. The van der Waals surface area contributed by atoms with Crippen molar-refractivity contribution in [2.75, 3.05) is 7.05 Å². The number of hydrogen-bond acceptors (Lipinski definition) is 2. The van der Waals surface area contributed by atoms with Gasteiger partial charge in [0.2, 0.25) is 0 Å². The summed E-state index contributed by atoms with van der Waals surface area (Å²) in [5.41, 5.74) is -4.84. The van der Waals surface area contributed by atoms with E-state index in [1.165, 1.54) is 20.9 Å². The highest BCUT2D eigenvalue weighted by Gasteiger charge is 2.41. The minimum absolute atomic E-state index is 0.00866. The molecule has 0 heterocycles. The molecule has 0 amide bonds. The van der Waals surface area contributed by atoms with E-state index in [4.69, 9.17) is 5.11 Å². The number of nitrogens with one attached hydrogen (secondary N) is 1. The molecule has 0 saturated carbocycles. The molecule has 130 valence electrons. The number of alkyl halides is 6. The van der Waals surface area contributed by atoms with Gasteiger partial charge in [-0.05, 0) is 30.8 Å². The van der Waals surface area contributed by atoms with Gasteiger partial charge in [0.05, 0.1) is 11.1 Å². The second kappa shape index (κ2) is 6.03. The van der Waals surface area contributed by atoms with Gasteiger partial charge in [-0.25, -0.2) is 0 Å². The second-order valence-electron chi connectivity index (χ2n) is 5.58. The Bertz CT molecular complexity index is 560. The Balaban J connectivity index is 3.60. The van der Waals surface area contributed by atoms with Crippen LogP contribution >= 0.6 is 0 Å². The molecular weight excluding hydrogens is 328 g/mol. The van der Waals surface area contributed by atoms with E-state index >= 15 is 0 Å². The van der Waals surface area contributed by atoms with Gasteiger partial charge in [0.25, 0.3) is 0 Å². The maximum atomic E-state index is 12.9. The lowest BCUT2D eigenvalue weighted by Gasteiger charge is -2.32. The number of carboxylic acid groups (broad SMARTS) is 1. The first kappa shape index (κ1) is 19.3. The maximum absolute atomic E-state index is 12.9. The van der Waals surface area contributed by atoms with Gasteiger partial charge >= 0.3 is 18.3 Å². The fraction of sp³-hybridized carbons (Fsp3) is 0.500. The van der Waals surface area contributed by atoms with Crippen molar-refractivity contribution in [3.05, 3.63) is 34.9 Å². The van der Waals surface area contributed by atoms with Crippen LogP contribution in [0.15, 0.2) is 18.2 Å². The van der Waals surface area contributed by atoms with Crippen LogP contribution in [0.25, 0.3) is 0 Å². The molecule has 3 nitrogen and oxygen atoms in total.